The van der Waals surface area contributed by atoms with Gasteiger partial charge >= 0.3 is 0 Å². The summed E-state index contributed by atoms with van der Waals surface area (Å²) in [5, 5.41) is 3.24. The number of hydrogen-bond acceptors (Lipinski definition) is 4. The van der Waals surface area contributed by atoms with E-state index in [-0.39, 0.29) is 5.03 Å². The molecule has 0 radical (unpaired) electrons. The second-order valence-electron chi connectivity index (χ2n) is 5.50. The fourth-order valence-corrected chi connectivity index (χ4v) is 4.40. The summed E-state index contributed by atoms with van der Waals surface area (Å²) < 4.78 is 27.3. The van der Waals surface area contributed by atoms with E-state index in [0.29, 0.717) is 31.2 Å². The second-order valence-corrected chi connectivity index (χ2v) is 7.35. The van der Waals surface area contributed by atoms with Crippen molar-refractivity contribution in [2.75, 3.05) is 25.0 Å². The van der Waals surface area contributed by atoms with Crippen molar-refractivity contribution in [3.05, 3.63) is 18.3 Å². The van der Waals surface area contributed by atoms with Crippen molar-refractivity contribution in [1.82, 2.24) is 9.29 Å². The highest BCUT2D eigenvalue weighted by atomic mass is 32.2. The van der Waals surface area contributed by atoms with E-state index in [9.17, 15) is 8.42 Å². The van der Waals surface area contributed by atoms with Gasteiger partial charge in [-0.2, -0.15) is 4.31 Å². The van der Waals surface area contributed by atoms with E-state index in [0.717, 1.165) is 25.7 Å². The van der Waals surface area contributed by atoms with Crippen LogP contribution in [-0.4, -0.2) is 37.3 Å². The number of nitrogens with one attached hydrogen (secondary N) is 1. The van der Waals surface area contributed by atoms with Gasteiger partial charge in [0.2, 0.25) is 0 Å². The Morgan fingerprint density at radius 2 is 2.14 bits per heavy atom. The highest BCUT2D eigenvalue weighted by Gasteiger charge is 2.30. The Kier molecular flexibility index (Phi) is 5.58. The maximum atomic E-state index is 12.9. The molecule has 1 aromatic heterocycles. The van der Waals surface area contributed by atoms with Crippen LogP contribution in [0.2, 0.25) is 0 Å². The first-order chi connectivity index (χ1) is 10.1. The average molecular weight is 311 g/mol. The van der Waals surface area contributed by atoms with Gasteiger partial charge in [0.1, 0.15) is 0 Å². The second kappa shape index (κ2) is 7.22. The van der Waals surface area contributed by atoms with E-state index in [1.807, 2.05) is 6.92 Å². The van der Waals surface area contributed by atoms with Gasteiger partial charge in [0.25, 0.3) is 10.0 Å². The molecule has 1 aliphatic heterocycles. The zero-order chi connectivity index (χ0) is 15.3. The molecule has 0 amide bonds. The van der Waals surface area contributed by atoms with Gasteiger partial charge in [-0.25, -0.2) is 13.4 Å². The van der Waals surface area contributed by atoms with Crippen LogP contribution in [0.3, 0.4) is 0 Å². The molecule has 2 rings (SSSR count). The van der Waals surface area contributed by atoms with E-state index < -0.39 is 10.0 Å². The lowest BCUT2D eigenvalue weighted by molar-refractivity contribution is 0.406. The first-order valence-corrected chi connectivity index (χ1v) is 9.22. The lowest BCUT2D eigenvalue weighted by atomic mass is 9.98. The van der Waals surface area contributed by atoms with Gasteiger partial charge in [0.15, 0.2) is 5.03 Å². The Morgan fingerprint density at radius 1 is 1.33 bits per heavy atom. The van der Waals surface area contributed by atoms with Crippen molar-refractivity contribution >= 4 is 15.7 Å². The molecule has 118 valence electrons. The molecule has 0 spiro atoms. The molecule has 0 aliphatic carbocycles. The van der Waals surface area contributed by atoms with Crippen molar-refractivity contribution in [3.63, 3.8) is 0 Å². The largest absolute Gasteiger partial charge is 0.383 e. The van der Waals surface area contributed by atoms with Gasteiger partial charge in [-0.3, -0.25) is 0 Å². The lowest BCUT2D eigenvalue weighted by Crippen LogP contribution is -2.33. The summed E-state index contributed by atoms with van der Waals surface area (Å²) in [6.45, 7) is 5.99. The van der Waals surface area contributed by atoms with E-state index in [4.69, 9.17) is 0 Å². The zero-order valence-electron chi connectivity index (χ0n) is 12.9. The maximum Gasteiger partial charge on any atom is 0.262 e. The summed E-state index contributed by atoms with van der Waals surface area (Å²) in [6, 6.07) is 3.53. The van der Waals surface area contributed by atoms with Gasteiger partial charge in [0, 0.05) is 25.8 Å². The van der Waals surface area contributed by atoms with Crippen LogP contribution in [0.5, 0.6) is 0 Å². The predicted molar refractivity (Wildman–Crippen MR) is 84.8 cm³/mol. The monoisotopic (exact) mass is 311 g/mol. The SMILES string of the molecule is CCNc1cccnc1S(=O)(=O)N1CCCC(CC)CC1. The number of hydrogen-bond donors (Lipinski definition) is 1. The molecule has 1 aromatic rings. The molecule has 1 aliphatic rings. The molecule has 1 atom stereocenters. The Morgan fingerprint density at radius 3 is 2.86 bits per heavy atom. The average Bonchev–Trinajstić information content (AvgIpc) is 2.74. The number of nitrogens with zero attached hydrogens (tertiary/aromatic N) is 2. The molecule has 5 nitrogen and oxygen atoms in total. The lowest BCUT2D eigenvalue weighted by Gasteiger charge is -2.21. The first-order valence-electron chi connectivity index (χ1n) is 7.78. The van der Waals surface area contributed by atoms with Crippen LogP contribution in [0.4, 0.5) is 5.69 Å². The third kappa shape index (κ3) is 3.74. The summed E-state index contributed by atoms with van der Waals surface area (Å²) in [6.07, 6.45) is 5.66. The molecule has 6 heteroatoms. The number of anilines is 1. The molecule has 0 saturated carbocycles. The molecule has 0 aromatic carbocycles. The van der Waals surface area contributed by atoms with Gasteiger partial charge in [-0.15, -0.1) is 0 Å². The van der Waals surface area contributed by atoms with Crippen molar-refractivity contribution in [3.8, 4) is 0 Å². The molecule has 21 heavy (non-hydrogen) atoms. The minimum absolute atomic E-state index is 0.154. The fraction of sp³-hybridized carbons (Fsp3) is 0.667. The molecule has 0 bridgehead atoms. The Hall–Kier alpha value is -1.14. The number of rotatable bonds is 5. The summed E-state index contributed by atoms with van der Waals surface area (Å²) in [5.74, 6) is 0.641. The van der Waals surface area contributed by atoms with Crippen molar-refractivity contribution in [1.29, 1.82) is 0 Å². The van der Waals surface area contributed by atoms with E-state index >= 15 is 0 Å². The van der Waals surface area contributed by atoms with Crippen LogP contribution < -0.4 is 5.32 Å². The number of sulfonamides is 1. The van der Waals surface area contributed by atoms with Crippen LogP contribution in [0.25, 0.3) is 0 Å². The molecule has 2 heterocycles. The van der Waals surface area contributed by atoms with Crippen LogP contribution in [0.1, 0.15) is 39.5 Å². The Balaban J connectivity index is 2.25. The predicted octanol–water partition coefficient (Wildman–Crippen LogP) is 2.71. The molecule has 1 N–H and O–H groups in total. The van der Waals surface area contributed by atoms with Crippen LogP contribution in [-0.2, 0) is 10.0 Å². The van der Waals surface area contributed by atoms with Crippen molar-refractivity contribution in [2.24, 2.45) is 5.92 Å². The zero-order valence-corrected chi connectivity index (χ0v) is 13.7. The summed E-state index contributed by atoms with van der Waals surface area (Å²) in [5.41, 5.74) is 0.594. The molecule has 1 saturated heterocycles. The van der Waals surface area contributed by atoms with Crippen LogP contribution in [0.15, 0.2) is 23.4 Å². The quantitative estimate of drug-likeness (QED) is 0.908. The summed E-state index contributed by atoms with van der Waals surface area (Å²) >= 11 is 0. The first kappa shape index (κ1) is 16.2. The topological polar surface area (TPSA) is 62.3 Å². The molecular formula is C15H25N3O2S. The summed E-state index contributed by atoms with van der Waals surface area (Å²) in [4.78, 5) is 4.12. The van der Waals surface area contributed by atoms with Crippen molar-refractivity contribution in [2.45, 2.75) is 44.6 Å². The Labute approximate surface area is 127 Å². The molecule has 1 fully saturated rings. The third-order valence-electron chi connectivity index (χ3n) is 4.11. The van der Waals surface area contributed by atoms with E-state index in [2.05, 4.69) is 17.2 Å². The minimum Gasteiger partial charge on any atom is -0.383 e. The number of pyridine rings is 1. The fourth-order valence-electron chi connectivity index (χ4n) is 2.83. The van der Waals surface area contributed by atoms with E-state index in [1.54, 1.807) is 22.6 Å². The minimum atomic E-state index is -3.51. The van der Waals surface area contributed by atoms with Gasteiger partial charge in [-0.05, 0) is 44.2 Å². The molecule has 1 unspecified atom stereocenters. The number of aromatic nitrogens is 1. The third-order valence-corrected chi connectivity index (χ3v) is 5.97. The van der Waals surface area contributed by atoms with Crippen molar-refractivity contribution < 1.29 is 8.42 Å². The smallest absolute Gasteiger partial charge is 0.262 e. The standard InChI is InChI=1S/C15H25N3O2S/c1-3-13-7-6-11-18(12-9-13)21(19,20)15-14(16-4-2)8-5-10-17-15/h5,8,10,13,16H,3-4,6-7,9,11-12H2,1-2H3. The Bertz CT molecular complexity index is 560. The van der Waals surface area contributed by atoms with Gasteiger partial charge in [-0.1, -0.05) is 13.3 Å². The van der Waals surface area contributed by atoms with E-state index in [1.165, 1.54) is 0 Å². The van der Waals surface area contributed by atoms with Gasteiger partial charge in [0.05, 0.1) is 5.69 Å². The maximum absolute atomic E-state index is 12.9. The molecular weight excluding hydrogens is 286 g/mol. The van der Waals surface area contributed by atoms with Gasteiger partial charge < -0.3 is 5.32 Å². The van der Waals surface area contributed by atoms with Crippen LogP contribution in [0, 0.1) is 5.92 Å². The normalized spacial score (nSPS) is 21.0. The summed E-state index contributed by atoms with van der Waals surface area (Å²) in [7, 11) is -3.51. The highest BCUT2D eigenvalue weighted by Crippen LogP contribution is 2.27. The van der Waals surface area contributed by atoms with Crippen LogP contribution >= 0.6 is 0 Å². The highest BCUT2D eigenvalue weighted by molar-refractivity contribution is 7.89.